The van der Waals surface area contributed by atoms with Crippen LogP contribution in [0.5, 0.6) is 0 Å². The molecule has 2 aliphatic rings. The standard InChI is InChI=1S/C20H28N2O3/c23-19(24)16-10-12-22(13-11-16)20(25)21-18-9-5-4-8-17(18)14-15-6-2-1-3-7-15/h1-3,6-7,16-18H,4-5,8-14H2,(H,21,25)(H,23,24). The summed E-state index contributed by atoms with van der Waals surface area (Å²) in [7, 11) is 0. The molecule has 5 heteroatoms. The number of rotatable bonds is 4. The van der Waals surface area contributed by atoms with Gasteiger partial charge in [-0.2, -0.15) is 0 Å². The first-order chi connectivity index (χ1) is 12.1. The largest absolute Gasteiger partial charge is 0.481 e. The number of nitrogens with zero attached hydrogens (tertiary/aromatic N) is 1. The van der Waals surface area contributed by atoms with Crippen LogP contribution in [0.3, 0.4) is 0 Å². The molecule has 0 radical (unpaired) electrons. The summed E-state index contributed by atoms with van der Waals surface area (Å²) in [6.07, 6.45) is 6.70. The highest BCUT2D eigenvalue weighted by atomic mass is 16.4. The van der Waals surface area contributed by atoms with E-state index in [4.69, 9.17) is 5.11 Å². The number of hydrogen-bond acceptors (Lipinski definition) is 2. The summed E-state index contributed by atoms with van der Waals surface area (Å²) in [5.41, 5.74) is 1.33. The van der Waals surface area contributed by atoms with Gasteiger partial charge in [-0.05, 0) is 43.6 Å². The molecule has 2 fully saturated rings. The molecule has 25 heavy (non-hydrogen) atoms. The molecule has 1 saturated heterocycles. The number of carbonyl (C=O) groups is 2. The monoisotopic (exact) mass is 344 g/mol. The van der Waals surface area contributed by atoms with Crippen LogP contribution in [0.15, 0.2) is 30.3 Å². The molecule has 2 atom stereocenters. The fourth-order valence-corrected chi connectivity index (χ4v) is 4.14. The lowest BCUT2D eigenvalue weighted by Gasteiger charge is -2.36. The van der Waals surface area contributed by atoms with Crippen LogP contribution in [0.1, 0.15) is 44.1 Å². The SMILES string of the molecule is O=C(O)C1CCN(C(=O)NC2CCCCC2Cc2ccccc2)CC1. The third-order valence-corrected chi connectivity index (χ3v) is 5.69. The van der Waals surface area contributed by atoms with Gasteiger partial charge >= 0.3 is 12.0 Å². The minimum Gasteiger partial charge on any atom is -0.481 e. The molecule has 1 aliphatic carbocycles. The Morgan fingerprint density at radius 3 is 2.40 bits per heavy atom. The van der Waals surface area contributed by atoms with E-state index in [1.165, 1.54) is 12.0 Å². The summed E-state index contributed by atoms with van der Waals surface area (Å²) in [5.74, 6) is -0.559. The summed E-state index contributed by atoms with van der Waals surface area (Å²) >= 11 is 0. The Bertz CT molecular complexity index is 582. The molecule has 1 aromatic rings. The number of urea groups is 1. The second-order valence-electron chi connectivity index (χ2n) is 7.39. The van der Waals surface area contributed by atoms with Gasteiger partial charge in [0.25, 0.3) is 0 Å². The van der Waals surface area contributed by atoms with Crippen molar-refractivity contribution in [1.82, 2.24) is 10.2 Å². The fraction of sp³-hybridized carbons (Fsp3) is 0.600. The van der Waals surface area contributed by atoms with Crippen molar-refractivity contribution in [3.05, 3.63) is 35.9 Å². The third kappa shape index (κ3) is 4.74. The van der Waals surface area contributed by atoms with Crippen LogP contribution in [0.2, 0.25) is 0 Å². The topological polar surface area (TPSA) is 69.6 Å². The Kier molecular flexibility index (Phi) is 5.95. The van der Waals surface area contributed by atoms with E-state index in [-0.39, 0.29) is 18.0 Å². The van der Waals surface area contributed by atoms with Crippen LogP contribution in [-0.4, -0.2) is 41.1 Å². The number of carboxylic acids is 1. The lowest BCUT2D eigenvalue weighted by Crippen LogP contribution is -2.51. The molecule has 5 nitrogen and oxygen atoms in total. The highest BCUT2D eigenvalue weighted by Crippen LogP contribution is 2.28. The normalized spacial score (nSPS) is 24.7. The molecule has 0 spiro atoms. The van der Waals surface area contributed by atoms with Gasteiger partial charge in [-0.3, -0.25) is 4.79 Å². The van der Waals surface area contributed by atoms with E-state index in [0.29, 0.717) is 31.8 Å². The van der Waals surface area contributed by atoms with Crippen LogP contribution in [-0.2, 0) is 11.2 Å². The van der Waals surface area contributed by atoms with Gasteiger partial charge in [-0.1, -0.05) is 43.2 Å². The molecular weight excluding hydrogens is 316 g/mol. The molecule has 1 heterocycles. The molecule has 2 unspecified atom stereocenters. The van der Waals surface area contributed by atoms with Crippen molar-refractivity contribution in [2.75, 3.05) is 13.1 Å². The Morgan fingerprint density at radius 1 is 1.04 bits per heavy atom. The fourth-order valence-electron chi connectivity index (χ4n) is 4.14. The Balaban J connectivity index is 1.54. The maximum absolute atomic E-state index is 12.6. The van der Waals surface area contributed by atoms with Crippen LogP contribution in [0.25, 0.3) is 0 Å². The predicted octanol–water partition coefficient (Wildman–Crippen LogP) is 3.29. The predicted molar refractivity (Wildman–Crippen MR) is 96.4 cm³/mol. The van der Waals surface area contributed by atoms with Gasteiger partial charge in [-0.15, -0.1) is 0 Å². The molecule has 1 saturated carbocycles. The molecule has 1 aromatic carbocycles. The summed E-state index contributed by atoms with van der Waals surface area (Å²) in [4.78, 5) is 25.4. The lowest BCUT2D eigenvalue weighted by molar-refractivity contribution is -0.143. The zero-order valence-electron chi connectivity index (χ0n) is 14.7. The van der Waals surface area contributed by atoms with Crippen molar-refractivity contribution in [3.8, 4) is 0 Å². The summed E-state index contributed by atoms with van der Waals surface area (Å²) in [5, 5.41) is 12.3. The minimum absolute atomic E-state index is 0.0196. The molecule has 1 aliphatic heterocycles. The van der Waals surface area contributed by atoms with Crippen LogP contribution >= 0.6 is 0 Å². The number of carbonyl (C=O) groups excluding carboxylic acids is 1. The second-order valence-corrected chi connectivity index (χ2v) is 7.39. The maximum atomic E-state index is 12.6. The number of piperidine rings is 1. The van der Waals surface area contributed by atoms with E-state index in [9.17, 15) is 9.59 Å². The summed E-state index contributed by atoms with van der Waals surface area (Å²) in [6, 6.07) is 10.7. The van der Waals surface area contributed by atoms with Gasteiger partial charge in [0.15, 0.2) is 0 Å². The lowest BCUT2D eigenvalue weighted by atomic mass is 9.80. The number of aliphatic carboxylic acids is 1. The molecular formula is C20H28N2O3. The smallest absolute Gasteiger partial charge is 0.317 e. The number of benzene rings is 1. The van der Waals surface area contributed by atoms with Crippen LogP contribution < -0.4 is 5.32 Å². The summed E-state index contributed by atoms with van der Waals surface area (Å²) < 4.78 is 0. The number of carboxylic acid groups (broad SMARTS) is 1. The van der Waals surface area contributed by atoms with E-state index in [2.05, 4.69) is 29.6 Å². The van der Waals surface area contributed by atoms with Crippen molar-refractivity contribution in [3.63, 3.8) is 0 Å². The average Bonchev–Trinajstić information content (AvgIpc) is 2.64. The van der Waals surface area contributed by atoms with E-state index >= 15 is 0 Å². The Labute approximate surface area is 149 Å². The number of hydrogen-bond donors (Lipinski definition) is 2. The quantitative estimate of drug-likeness (QED) is 0.880. The van der Waals surface area contributed by atoms with Crippen molar-refractivity contribution < 1.29 is 14.7 Å². The first-order valence-corrected chi connectivity index (χ1v) is 9.45. The highest BCUT2D eigenvalue weighted by Gasteiger charge is 2.31. The molecule has 2 N–H and O–H groups in total. The third-order valence-electron chi connectivity index (χ3n) is 5.69. The van der Waals surface area contributed by atoms with E-state index < -0.39 is 5.97 Å². The molecule has 136 valence electrons. The van der Waals surface area contributed by atoms with Crippen molar-refractivity contribution in [2.24, 2.45) is 11.8 Å². The van der Waals surface area contributed by atoms with Crippen molar-refractivity contribution in [1.29, 1.82) is 0 Å². The van der Waals surface area contributed by atoms with Gasteiger partial charge in [0.05, 0.1) is 5.92 Å². The number of likely N-dealkylation sites (tertiary alicyclic amines) is 1. The summed E-state index contributed by atoms with van der Waals surface area (Å²) in [6.45, 7) is 1.08. The molecule has 3 rings (SSSR count). The van der Waals surface area contributed by atoms with Gasteiger partial charge in [0.1, 0.15) is 0 Å². The Hall–Kier alpha value is -2.04. The van der Waals surface area contributed by atoms with Crippen molar-refractivity contribution in [2.45, 2.75) is 51.0 Å². The second kappa shape index (κ2) is 8.37. The van der Waals surface area contributed by atoms with Gasteiger partial charge in [0, 0.05) is 19.1 Å². The van der Waals surface area contributed by atoms with Crippen molar-refractivity contribution >= 4 is 12.0 Å². The Morgan fingerprint density at radius 2 is 1.72 bits per heavy atom. The van der Waals surface area contributed by atoms with Crippen LogP contribution in [0, 0.1) is 11.8 Å². The van der Waals surface area contributed by atoms with Gasteiger partial charge in [-0.25, -0.2) is 4.79 Å². The minimum atomic E-state index is -0.740. The first kappa shape index (κ1) is 17.8. The number of amides is 2. The highest BCUT2D eigenvalue weighted by molar-refractivity contribution is 5.75. The average molecular weight is 344 g/mol. The van der Waals surface area contributed by atoms with E-state index in [1.54, 1.807) is 4.90 Å². The zero-order valence-corrected chi connectivity index (χ0v) is 14.7. The first-order valence-electron chi connectivity index (χ1n) is 9.45. The molecule has 2 amide bonds. The number of nitrogens with one attached hydrogen (secondary N) is 1. The zero-order chi connectivity index (χ0) is 17.6. The molecule has 0 aromatic heterocycles. The van der Waals surface area contributed by atoms with Crippen LogP contribution in [0.4, 0.5) is 4.79 Å². The molecule has 0 bridgehead atoms. The van der Waals surface area contributed by atoms with E-state index in [1.807, 2.05) is 6.07 Å². The van der Waals surface area contributed by atoms with E-state index in [0.717, 1.165) is 25.7 Å². The van der Waals surface area contributed by atoms with Gasteiger partial charge < -0.3 is 15.3 Å². The van der Waals surface area contributed by atoms with Gasteiger partial charge in [0.2, 0.25) is 0 Å². The maximum Gasteiger partial charge on any atom is 0.317 e.